The van der Waals surface area contributed by atoms with Crippen LogP contribution in [0.15, 0.2) is 144 Å². The van der Waals surface area contributed by atoms with Crippen LogP contribution in [0.5, 0.6) is 0 Å². The van der Waals surface area contributed by atoms with Crippen molar-refractivity contribution < 1.29 is 4.42 Å². The van der Waals surface area contributed by atoms with Crippen LogP contribution in [-0.2, 0) is 5.41 Å². The van der Waals surface area contributed by atoms with Gasteiger partial charge in [0.05, 0.1) is 11.0 Å². The van der Waals surface area contributed by atoms with Gasteiger partial charge in [0.25, 0.3) is 0 Å². The van der Waals surface area contributed by atoms with Gasteiger partial charge in [0.15, 0.2) is 23.6 Å². The lowest BCUT2D eigenvalue weighted by atomic mass is 9.82. The van der Waals surface area contributed by atoms with Crippen molar-refractivity contribution in [2.75, 3.05) is 0 Å². The molecular weight excluding hydrogens is 603 g/mol. The maximum atomic E-state index is 5.67. The monoisotopic (exact) mass is 631 g/mol. The number of fused-ring (bicyclic) bond motifs is 7. The Balaban J connectivity index is 1.16. The van der Waals surface area contributed by atoms with Crippen LogP contribution in [0.3, 0.4) is 0 Å². The number of hydrogen-bond acceptors (Lipinski definition) is 5. The minimum absolute atomic E-state index is 0.136. The summed E-state index contributed by atoms with van der Waals surface area (Å²) in [6, 6.07) is 46.6. The highest BCUT2D eigenvalue weighted by atomic mass is 16.3. The Bertz CT molecular complexity index is 2680. The molecule has 0 saturated heterocycles. The molecule has 49 heavy (non-hydrogen) atoms. The molecule has 3 aromatic heterocycles. The third kappa shape index (κ3) is 4.20. The molecule has 6 nitrogen and oxygen atoms in total. The van der Waals surface area contributed by atoms with Crippen LogP contribution in [0.25, 0.3) is 83.9 Å². The number of oxazole rings is 1. The van der Waals surface area contributed by atoms with E-state index in [4.69, 9.17) is 19.4 Å². The summed E-state index contributed by atoms with van der Waals surface area (Å²) in [5, 5.41) is 2.28. The number of para-hydroxylation sites is 1. The number of nitrogens with zero attached hydrogens (tertiary/aromatic N) is 5. The first-order valence-electron chi connectivity index (χ1n) is 16.5. The molecule has 0 aliphatic heterocycles. The molecule has 0 spiro atoms. The molecule has 0 N–H and O–H groups in total. The van der Waals surface area contributed by atoms with Gasteiger partial charge in [-0.1, -0.05) is 111 Å². The van der Waals surface area contributed by atoms with E-state index in [0.29, 0.717) is 17.6 Å². The first-order valence-corrected chi connectivity index (χ1v) is 16.5. The maximum Gasteiger partial charge on any atom is 0.238 e. The molecule has 0 bridgehead atoms. The predicted octanol–water partition coefficient (Wildman–Crippen LogP) is 10.4. The van der Waals surface area contributed by atoms with Gasteiger partial charge in [0, 0.05) is 27.3 Å². The summed E-state index contributed by atoms with van der Waals surface area (Å²) in [5.74, 6) is 1.86. The summed E-state index contributed by atoms with van der Waals surface area (Å²) in [5.41, 5.74) is 12.9. The van der Waals surface area contributed by atoms with Crippen molar-refractivity contribution >= 4 is 32.9 Å². The topological polar surface area (TPSA) is 69.6 Å². The van der Waals surface area contributed by atoms with E-state index in [1.807, 2.05) is 60.7 Å². The minimum atomic E-state index is -0.136. The van der Waals surface area contributed by atoms with E-state index in [9.17, 15) is 0 Å². The molecule has 0 fully saturated rings. The third-order valence-corrected chi connectivity index (χ3v) is 10.0. The summed E-state index contributed by atoms with van der Waals surface area (Å²) < 4.78 is 7.84. The maximum absolute atomic E-state index is 5.67. The van der Waals surface area contributed by atoms with Crippen molar-refractivity contribution in [3.63, 3.8) is 0 Å². The Morgan fingerprint density at radius 3 is 1.92 bits per heavy atom. The van der Waals surface area contributed by atoms with Gasteiger partial charge < -0.3 is 4.42 Å². The van der Waals surface area contributed by atoms with Gasteiger partial charge in [0.1, 0.15) is 5.52 Å². The van der Waals surface area contributed by atoms with E-state index in [2.05, 4.69) is 96.2 Å². The van der Waals surface area contributed by atoms with Crippen LogP contribution >= 0.6 is 0 Å². The highest BCUT2D eigenvalue weighted by Gasteiger charge is 2.36. The summed E-state index contributed by atoms with van der Waals surface area (Å²) in [6.07, 6.45) is 1.53. The smallest absolute Gasteiger partial charge is 0.238 e. The van der Waals surface area contributed by atoms with Crippen molar-refractivity contribution in [1.29, 1.82) is 0 Å². The van der Waals surface area contributed by atoms with E-state index in [1.165, 1.54) is 34.2 Å². The summed E-state index contributed by atoms with van der Waals surface area (Å²) in [4.78, 5) is 19.5. The molecular formula is C43H29N5O. The van der Waals surface area contributed by atoms with Crippen LogP contribution in [0, 0.1) is 0 Å². The number of aromatic nitrogens is 5. The van der Waals surface area contributed by atoms with Crippen LogP contribution in [0.1, 0.15) is 25.0 Å². The summed E-state index contributed by atoms with van der Waals surface area (Å²) in [6.45, 7) is 4.57. The molecule has 10 rings (SSSR count). The molecule has 6 aromatic carbocycles. The molecule has 0 amide bonds. The molecule has 0 unspecified atom stereocenters. The van der Waals surface area contributed by atoms with Crippen molar-refractivity contribution in [3.8, 4) is 51.0 Å². The first-order chi connectivity index (χ1) is 24.0. The van der Waals surface area contributed by atoms with Gasteiger partial charge in [-0.3, -0.25) is 4.57 Å². The Morgan fingerprint density at radius 2 is 1.16 bits per heavy atom. The van der Waals surface area contributed by atoms with Crippen LogP contribution in [-0.4, -0.2) is 24.5 Å². The van der Waals surface area contributed by atoms with Gasteiger partial charge in [-0.15, -0.1) is 0 Å². The molecule has 0 atom stereocenters. The first kappa shape index (κ1) is 27.7. The second kappa shape index (κ2) is 10.3. The Morgan fingerprint density at radius 1 is 0.531 bits per heavy atom. The van der Waals surface area contributed by atoms with E-state index >= 15 is 0 Å². The second-order valence-corrected chi connectivity index (χ2v) is 13.2. The van der Waals surface area contributed by atoms with Crippen molar-refractivity contribution in [2.45, 2.75) is 19.3 Å². The average Bonchev–Trinajstić information content (AvgIpc) is 3.82. The molecule has 6 heteroatoms. The van der Waals surface area contributed by atoms with E-state index < -0.39 is 0 Å². The molecule has 1 aliphatic rings. The molecule has 1 aliphatic carbocycles. The summed E-state index contributed by atoms with van der Waals surface area (Å²) >= 11 is 0. The molecule has 3 heterocycles. The molecule has 0 radical (unpaired) electrons. The van der Waals surface area contributed by atoms with Crippen molar-refractivity contribution in [2.24, 2.45) is 0 Å². The predicted molar refractivity (Wildman–Crippen MR) is 196 cm³/mol. The fourth-order valence-electron chi connectivity index (χ4n) is 7.55. The van der Waals surface area contributed by atoms with Gasteiger partial charge >= 0.3 is 0 Å². The van der Waals surface area contributed by atoms with Gasteiger partial charge in [0.2, 0.25) is 5.95 Å². The quantitative estimate of drug-likeness (QED) is 0.193. The zero-order valence-electron chi connectivity index (χ0n) is 26.9. The van der Waals surface area contributed by atoms with Crippen LogP contribution in [0.4, 0.5) is 0 Å². The van der Waals surface area contributed by atoms with E-state index in [0.717, 1.165) is 49.6 Å². The Labute approximate surface area is 282 Å². The van der Waals surface area contributed by atoms with Gasteiger partial charge in [-0.2, -0.15) is 9.97 Å². The standard InChI is InChI=1S/C43H29N5O/c1-43(2)34-19-17-28(21-31(34)32-23-36-39(24-35(32)43)49-25-44-36)29-18-20-38-33(22-29)30-15-9-10-16-37(30)48(38)42-46-40(26-11-5-3-6-12-26)45-41(47-42)27-13-7-4-8-14-27/h3-25H,1-2H3. The molecule has 0 saturated carbocycles. The van der Waals surface area contributed by atoms with Crippen LogP contribution in [0.2, 0.25) is 0 Å². The fraction of sp³-hybridized carbons (Fsp3) is 0.0698. The normalized spacial score (nSPS) is 13.3. The van der Waals surface area contributed by atoms with Crippen molar-refractivity contribution in [1.82, 2.24) is 24.5 Å². The van der Waals surface area contributed by atoms with Crippen LogP contribution < -0.4 is 0 Å². The zero-order valence-corrected chi connectivity index (χ0v) is 26.9. The largest absolute Gasteiger partial charge is 0.443 e. The Kier molecular flexibility index (Phi) is 5.82. The molecule has 9 aromatic rings. The Hall–Kier alpha value is -6.40. The van der Waals surface area contributed by atoms with E-state index in [-0.39, 0.29) is 5.41 Å². The zero-order chi connectivity index (χ0) is 32.7. The number of rotatable bonds is 4. The van der Waals surface area contributed by atoms with Crippen molar-refractivity contribution in [3.05, 3.63) is 151 Å². The third-order valence-electron chi connectivity index (χ3n) is 10.0. The summed E-state index contributed by atoms with van der Waals surface area (Å²) in [7, 11) is 0. The average molecular weight is 632 g/mol. The van der Waals surface area contributed by atoms with Gasteiger partial charge in [-0.05, 0) is 69.8 Å². The lowest BCUT2D eigenvalue weighted by Crippen LogP contribution is -2.14. The lowest BCUT2D eigenvalue weighted by Gasteiger charge is -2.21. The second-order valence-electron chi connectivity index (χ2n) is 13.2. The minimum Gasteiger partial charge on any atom is -0.443 e. The highest BCUT2D eigenvalue weighted by Crippen LogP contribution is 2.51. The number of benzene rings is 6. The lowest BCUT2D eigenvalue weighted by molar-refractivity contribution is 0.598. The molecule has 232 valence electrons. The highest BCUT2D eigenvalue weighted by molar-refractivity contribution is 6.10. The SMILES string of the molecule is CC1(C)c2ccc(-c3ccc4c(c3)c3ccccc3n4-c3nc(-c4ccccc4)nc(-c4ccccc4)n3)cc2-c2cc3ncoc3cc21. The fourth-order valence-corrected chi connectivity index (χ4v) is 7.55. The number of hydrogen-bond donors (Lipinski definition) is 0. The van der Waals surface area contributed by atoms with E-state index in [1.54, 1.807) is 0 Å². The van der Waals surface area contributed by atoms with Gasteiger partial charge in [-0.25, -0.2) is 9.97 Å².